The number of nitrogens with one attached hydrogen (secondary N) is 1. The maximum absolute atomic E-state index is 14.0. The summed E-state index contributed by atoms with van der Waals surface area (Å²) < 4.78 is 14.8. The number of benzene rings is 3. The molecular formula is C21H15FINO2. The highest BCUT2D eigenvalue weighted by Crippen LogP contribution is 2.22. The van der Waals surface area contributed by atoms with Crippen molar-refractivity contribution in [1.29, 1.82) is 0 Å². The Kier molecular flexibility index (Phi) is 5.78. The van der Waals surface area contributed by atoms with E-state index in [1.54, 1.807) is 0 Å². The largest absolute Gasteiger partial charge is 0.321 e. The predicted molar refractivity (Wildman–Crippen MR) is 108 cm³/mol. The SMILES string of the molecule is O=Cc1ccc(C(=O)Nc2ccc(Cc3ccccc3)cc2I)c(F)c1. The highest BCUT2D eigenvalue weighted by Gasteiger charge is 2.14. The number of carbonyl (C=O) groups is 2. The molecule has 0 fully saturated rings. The molecule has 1 amide bonds. The van der Waals surface area contributed by atoms with Crippen molar-refractivity contribution in [1.82, 2.24) is 0 Å². The summed E-state index contributed by atoms with van der Waals surface area (Å²) in [5.74, 6) is -1.27. The Bertz CT molecular complexity index is 957. The number of carbonyl (C=O) groups excluding carboxylic acids is 2. The van der Waals surface area contributed by atoms with Crippen LogP contribution in [0.1, 0.15) is 31.8 Å². The molecule has 0 aliphatic rings. The highest BCUT2D eigenvalue weighted by atomic mass is 127. The van der Waals surface area contributed by atoms with Crippen LogP contribution in [0, 0.1) is 9.39 Å². The molecule has 0 aliphatic heterocycles. The van der Waals surface area contributed by atoms with Gasteiger partial charge in [-0.2, -0.15) is 0 Å². The van der Waals surface area contributed by atoms with Gasteiger partial charge in [0.15, 0.2) is 0 Å². The van der Waals surface area contributed by atoms with Crippen molar-refractivity contribution in [3.63, 3.8) is 0 Å². The van der Waals surface area contributed by atoms with Gasteiger partial charge in [0.1, 0.15) is 12.1 Å². The summed E-state index contributed by atoms with van der Waals surface area (Å²) >= 11 is 2.15. The Morgan fingerprint density at radius 1 is 1.00 bits per heavy atom. The molecule has 0 saturated heterocycles. The fraction of sp³-hybridized carbons (Fsp3) is 0.0476. The van der Waals surface area contributed by atoms with Crippen LogP contribution < -0.4 is 5.32 Å². The average Bonchev–Trinajstić information content (AvgIpc) is 2.64. The van der Waals surface area contributed by atoms with Crippen LogP contribution in [0.3, 0.4) is 0 Å². The molecule has 0 bridgehead atoms. The first-order valence-corrected chi connectivity index (χ1v) is 9.03. The minimum Gasteiger partial charge on any atom is -0.321 e. The van der Waals surface area contributed by atoms with Crippen molar-refractivity contribution in [3.8, 4) is 0 Å². The predicted octanol–water partition coefficient (Wildman–Crippen LogP) is 5.09. The number of halogens is 2. The minimum absolute atomic E-state index is 0.0974. The van der Waals surface area contributed by atoms with Crippen molar-refractivity contribution < 1.29 is 14.0 Å². The van der Waals surface area contributed by atoms with Gasteiger partial charge in [-0.05, 0) is 64.4 Å². The first-order chi connectivity index (χ1) is 12.6. The van der Waals surface area contributed by atoms with Crippen LogP contribution >= 0.6 is 22.6 Å². The number of hydrogen-bond acceptors (Lipinski definition) is 2. The summed E-state index contributed by atoms with van der Waals surface area (Å²) in [5, 5.41) is 2.72. The molecule has 0 aromatic heterocycles. The van der Waals surface area contributed by atoms with E-state index in [0.29, 0.717) is 12.0 Å². The summed E-state index contributed by atoms with van der Waals surface area (Å²) in [7, 11) is 0. The molecule has 0 spiro atoms. The average molecular weight is 459 g/mol. The van der Waals surface area contributed by atoms with E-state index in [9.17, 15) is 14.0 Å². The van der Waals surface area contributed by atoms with Crippen molar-refractivity contribution in [2.45, 2.75) is 6.42 Å². The lowest BCUT2D eigenvalue weighted by Gasteiger charge is -2.10. The fourth-order valence-electron chi connectivity index (χ4n) is 2.58. The molecule has 0 saturated carbocycles. The molecule has 3 nitrogen and oxygen atoms in total. The van der Waals surface area contributed by atoms with Gasteiger partial charge in [0.05, 0.1) is 11.3 Å². The second-order valence-electron chi connectivity index (χ2n) is 5.79. The molecule has 0 radical (unpaired) electrons. The van der Waals surface area contributed by atoms with Gasteiger partial charge in [0, 0.05) is 9.13 Å². The number of aldehydes is 1. The summed E-state index contributed by atoms with van der Waals surface area (Å²) in [6, 6.07) is 19.6. The molecule has 0 heterocycles. The van der Waals surface area contributed by atoms with E-state index in [4.69, 9.17) is 0 Å². The molecule has 130 valence electrons. The smallest absolute Gasteiger partial charge is 0.258 e. The highest BCUT2D eigenvalue weighted by molar-refractivity contribution is 14.1. The van der Waals surface area contributed by atoms with Gasteiger partial charge in [-0.25, -0.2) is 4.39 Å². The van der Waals surface area contributed by atoms with Gasteiger partial charge < -0.3 is 5.32 Å². The third-order valence-corrected chi connectivity index (χ3v) is 4.80. The minimum atomic E-state index is -0.720. The third-order valence-electron chi connectivity index (χ3n) is 3.91. The first kappa shape index (κ1) is 18.3. The zero-order valence-corrected chi connectivity index (χ0v) is 15.9. The van der Waals surface area contributed by atoms with Crippen LogP contribution in [0.15, 0.2) is 66.7 Å². The van der Waals surface area contributed by atoms with E-state index >= 15 is 0 Å². The van der Waals surface area contributed by atoms with Crippen LogP contribution in [0.2, 0.25) is 0 Å². The topological polar surface area (TPSA) is 46.2 Å². The van der Waals surface area contributed by atoms with Gasteiger partial charge in [0.25, 0.3) is 5.91 Å². The molecule has 0 aliphatic carbocycles. The van der Waals surface area contributed by atoms with Gasteiger partial charge >= 0.3 is 0 Å². The van der Waals surface area contributed by atoms with E-state index in [1.165, 1.54) is 17.7 Å². The molecule has 0 atom stereocenters. The maximum atomic E-state index is 14.0. The lowest BCUT2D eigenvalue weighted by Crippen LogP contribution is -2.15. The molecule has 5 heteroatoms. The van der Waals surface area contributed by atoms with E-state index in [0.717, 1.165) is 21.6 Å². The molecule has 1 N–H and O–H groups in total. The normalized spacial score (nSPS) is 10.4. The second-order valence-corrected chi connectivity index (χ2v) is 6.95. The zero-order chi connectivity index (χ0) is 18.5. The monoisotopic (exact) mass is 459 g/mol. The maximum Gasteiger partial charge on any atom is 0.258 e. The van der Waals surface area contributed by atoms with E-state index < -0.39 is 11.7 Å². The Balaban J connectivity index is 1.75. The molecular weight excluding hydrogens is 444 g/mol. The Hall–Kier alpha value is -2.54. The second kappa shape index (κ2) is 8.23. The van der Waals surface area contributed by atoms with Crippen LogP contribution in [0.5, 0.6) is 0 Å². The number of rotatable bonds is 5. The molecule has 0 unspecified atom stereocenters. The summed E-state index contributed by atoms with van der Waals surface area (Å²) in [4.78, 5) is 23.0. The third kappa shape index (κ3) is 4.35. The van der Waals surface area contributed by atoms with Crippen molar-refractivity contribution in [2.24, 2.45) is 0 Å². The van der Waals surface area contributed by atoms with Crippen LogP contribution in [-0.2, 0) is 6.42 Å². The Morgan fingerprint density at radius 3 is 2.42 bits per heavy atom. The number of anilines is 1. The van der Waals surface area contributed by atoms with Crippen molar-refractivity contribution in [2.75, 3.05) is 5.32 Å². The summed E-state index contributed by atoms with van der Waals surface area (Å²) in [5.41, 5.74) is 3.04. The van der Waals surface area contributed by atoms with Gasteiger partial charge in [-0.15, -0.1) is 0 Å². The fourth-order valence-corrected chi connectivity index (χ4v) is 3.29. The zero-order valence-electron chi connectivity index (χ0n) is 13.7. The lowest BCUT2D eigenvalue weighted by atomic mass is 10.0. The van der Waals surface area contributed by atoms with Gasteiger partial charge in [-0.1, -0.05) is 42.5 Å². The molecule has 3 rings (SSSR count). The molecule has 26 heavy (non-hydrogen) atoms. The van der Waals surface area contributed by atoms with E-state index in [2.05, 4.69) is 40.0 Å². The molecule has 3 aromatic rings. The van der Waals surface area contributed by atoms with Crippen molar-refractivity contribution >= 4 is 40.5 Å². The first-order valence-electron chi connectivity index (χ1n) is 7.95. The summed E-state index contributed by atoms with van der Waals surface area (Å²) in [6.07, 6.45) is 1.34. The Morgan fingerprint density at radius 2 is 1.77 bits per heavy atom. The van der Waals surface area contributed by atoms with Gasteiger partial charge in [-0.3, -0.25) is 9.59 Å². The lowest BCUT2D eigenvalue weighted by molar-refractivity contribution is 0.102. The standard InChI is InChI=1S/C21H15FINO2/c22-18-11-16(13-25)6-8-17(18)21(26)24-20-9-7-15(12-19(20)23)10-14-4-2-1-3-5-14/h1-9,11-13H,10H2,(H,24,26). The van der Waals surface area contributed by atoms with Crippen LogP contribution in [0.25, 0.3) is 0 Å². The number of hydrogen-bond donors (Lipinski definition) is 1. The van der Waals surface area contributed by atoms with E-state index in [-0.39, 0.29) is 11.1 Å². The van der Waals surface area contributed by atoms with Crippen LogP contribution in [0.4, 0.5) is 10.1 Å². The summed E-state index contributed by atoms with van der Waals surface area (Å²) in [6.45, 7) is 0. The van der Waals surface area contributed by atoms with E-state index in [1.807, 2.05) is 36.4 Å². The number of amides is 1. The van der Waals surface area contributed by atoms with Gasteiger partial charge in [0.2, 0.25) is 0 Å². The van der Waals surface area contributed by atoms with Crippen molar-refractivity contribution in [3.05, 3.63) is 98.4 Å². The Labute approximate surface area is 164 Å². The molecule has 3 aromatic carbocycles. The quantitative estimate of drug-likeness (QED) is 0.427. The van der Waals surface area contributed by atoms with Crippen LogP contribution in [-0.4, -0.2) is 12.2 Å².